The smallest absolute Gasteiger partial charge is 0.229 e. The Hall–Kier alpha value is -2.80. The van der Waals surface area contributed by atoms with Gasteiger partial charge in [0.25, 0.3) is 0 Å². The lowest BCUT2D eigenvalue weighted by atomic mass is 10.2. The molecule has 0 radical (unpaired) electrons. The summed E-state index contributed by atoms with van der Waals surface area (Å²) >= 11 is 0. The van der Waals surface area contributed by atoms with Crippen molar-refractivity contribution < 1.29 is 13.9 Å². The number of ether oxygens (including phenoxy) is 2. The predicted molar refractivity (Wildman–Crippen MR) is 94.0 cm³/mol. The molecule has 126 valence electrons. The van der Waals surface area contributed by atoms with E-state index in [0.29, 0.717) is 28.1 Å². The van der Waals surface area contributed by atoms with Crippen molar-refractivity contribution in [2.45, 2.75) is 0 Å². The van der Waals surface area contributed by atoms with E-state index >= 15 is 0 Å². The monoisotopic (exact) mass is 350 g/mol. The Labute approximate surface area is 144 Å². The number of anilines is 3. The van der Waals surface area contributed by atoms with Crippen LogP contribution in [0.1, 0.15) is 0 Å². The van der Waals surface area contributed by atoms with E-state index in [1.807, 2.05) is 0 Å². The highest BCUT2D eigenvalue weighted by atomic mass is 35.5. The maximum Gasteiger partial charge on any atom is 0.229 e. The van der Waals surface area contributed by atoms with Crippen LogP contribution in [-0.4, -0.2) is 24.2 Å². The van der Waals surface area contributed by atoms with Crippen LogP contribution in [0, 0.1) is 5.82 Å². The fourth-order valence-corrected chi connectivity index (χ4v) is 2.23. The van der Waals surface area contributed by atoms with Crippen LogP contribution in [0.4, 0.5) is 21.8 Å². The second-order valence-electron chi connectivity index (χ2n) is 4.79. The molecule has 8 heteroatoms. The normalized spacial score (nSPS) is 10.1. The van der Waals surface area contributed by atoms with Gasteiger partial charge in [-0.1, -0.05) is 6.07 Å². The highest BCUT2D eigenvalue weighted by molar-refractivity contribution is 5.92. The topological polar surface area (TPSA) is 82.3 Å². The van der Waals surface area contributed by atoms with Crippen molar-refractivity contribution in [3.05, 3.63) is 42.2 Å². The lowest BCUT2D eigenvalue weighted by Crippen LogP contribution is -2.02. The summed E-state index contributed by atoms with van der Waals surface area (Å²) in [6.45, 7) is 0. The first-order valence-electron chi connectivity index (χ1n) is 6.82. The zero-order chi connectivity index (χ0) is 16.4. The molecule has 3 aromatic rings. The van der Waals surface area contributed by atoms with Crippen molar-refractivity contribution >= 4 is 40.8 Å². The van der Waals surface area contributed by atoms with Crippen LogP contribution in [0.15, 0.2) is 36.4 Å². The molecule has 0 aliphatic heterocycles. The number of methoxy groups -OCH3 is 2. The molecule has 24 heavy (non-hydrogen) atoms. The van der Waals surface area contributed by atoms with Crippen LogP contribution >= 0.6 is 12.4 Å². The highest BCUT2D eigenvalue weighted by Crippen LogP contribution is 2.33. The molecule has 6 nitrogen and oxygen atoms in total. The van der Waals surface area contributed by atoms with Crippen LogP contribution in [0.2, 0.25) is 0 Å². The summed E-state index contributed by atoms with van der Waals surface area (Å²) in [6.07, 6.45) is 0. The number of halogens is 2. The quantitative estimate of drug-likeness (QED) is 0.749. The minimum Gasteiger partial charge on any atom is -0.493 e. The second kappa shape index (κ2) is 7.18. The molecule has 0 atom stereocenters. The Kier molecular flexibility index (Phi) is 5.25. The molecule has 0 unspecified atom stereocenters. The molecule has 0 saturated carbocycles. The number of fused-ring (bicyclic) bond motifs is 1. The Balaban J connectivity index is 0.00000208. The van der Waals surface area contributed by atoms with Gasteiger partial charge in [-0.3, -0.25) is 0 Å². The van der Waals surface area contributed by atoms with Gasteiger partial charge in [-0.2, -0.15) is 4.98 Å². The van der Waals surface area contributed by atoms with Crippen molar-refractivity contribution in [2.75, 3.05) is 25.3 Å². The second-order valence-corrected chi connectivity index (χ2v) is 4.79. The van der Waals surface area contributed by atoms with E-state index in [1.54, 1.807) is 38.5 Å². The molecule has 1 heterocycles. The van der Waals surface area contributed by atoms with Crippen LogP contribution < -0.4 is 20.5 Å². The zero-order valence-corrected chi connectivity index (χ0v) is 13.9. The van der Waals surface area contributed by atoms with E-state index in [4.69, 9.17) is 15.2 Å². The van der Waals surface area contributed by atoms with Gasteiger partial charge in [0.15, 0.2) is 11.5 Å². The first-order valence-corrected chi connectivity index (χ1v) is 6.82. The molecule has 2 aromatic carbocycles. The molecule has 0 saturated heterocycles. The fourth-order valence-electron chi connectivity index (χ4n) is 2.23. The number of nitrogens with two attached hydrogens (primary N) is 1. The Morgan fingerprint density at radius 1 is 1.04 bits per heavy atom. The summed E-state index contributed by atoms with van der Waals surface area (Å²) in [4.78, 5) is 8.58. The van der Waals surface area contributed by atoms with E-state index in [2.05, 4.69) is 15.3 Å². The summed E-state index contributed by atoms with van der Waals surface area (Å²) in [5.74, 6) is 1.29. The Bertz CT molecular complexity index is 876. The molecule has 0 aliphatic carbocycles. The number of nitrogens with one attached hydrogen (secondary N) is 1. The van der Waals surface area contributed by atoms with Gasteiger partial charge < -0.3 is 20.5 Å². The van der Waals surface area contributed by atoms with Gasteiger partial charge in [0.1, 0.15) is 11.6 Å². The van der Waals surface area contributed by atoms with Gasteiger partial charge in [-0.25, -0.2) is 9.37 Å². The molecule has 3 rings (SSSR count). The summed E-state index contributed by atoms with van der Waals surface area (Å²) in [7, 11) is 3.08. The van der Waals surface area contributed by atoms with E-state index < -0.39 is 0 Å². The van der Waals surface area contributed by atoms with Crippen molar-refractivity contribution in [1.82, 2.24) is 9.97 Å². The Morgan fingerprint density at radius 3 is 2.42 bits per heavy atom. The number of benzene rings is 2. The van der Waals surface area contributed by atoms with E-state index in [0.717, 1.165) is 0 Å². The number of nitrogens with zero attached hydrogens (tertiary/aromatic N) is 2. The van der Waals surface area contributed by atoms with Crippen molar-refractivity contribution in [1.29, 1.82) is 0 Å². The summed E-state index contributed by atoms with van der Waals surface area (Å²) in [6, 6.07) is 9.44. The lowest BCUT2D eigenvalue weighted by Gasteiger charge is -2.11. The van der Waals surface area contributed by atoms with Gasteiger partial charge >= 0.3 is 0 Å². The molecule has 0 spiro atoms. The first-order chi connectivity index (χ1) is 11.1. The molecule has 0 aliphatic rings. The van der Waals surface area contributed by atoms with Crippen LogP contribution in [-0.2, 0) is 0 Å². The first kappa shape index (κ1) is 17.6. The van der Waals surface area contributed by atoms with Crippen LogP contribution in [0.3, 0.4) is 0 Å². The minimum atomic E-state index is -0.352. The third kappa shape index (κ3) is 3.41. The maximum absolute atomic E-state index is 13.2. The van der Waals surface area contributed by atoms with Crippen LogP contribution in [0.25, 0.3) is 10.9 Å². The largest absolute Gasteiger partial charge is 0.493 e. The van der Waals surface area contributed by atoms with Gasteiger partial charge in [-0.15, -0.1) is 12.4 Å². The fraction of sp³-hybridized carbons (Fsp3) is 0.125. The number of rotatable bonds is 4. The average molecular weight is 351 g/mol. The maximum atomic E-state index is 13.2. The van der Waals surface area contributed by atoms with E-state index in [9.17, 15) is 4.39 Å². The third-order valence-corrected chi connectivity index (χ3v) is 3.31. The molecule has 0 fully saturated rings. The molecule has 0 bridgehead atoms. The highest BCUT2D eigenvalue weighted by Gasteiger charge is 2.12. The Morgan fingerprint density at radius 2 is 1.75 bits per heavy atom. The number of hydrogen-bond acceptors (Lipinski definition) is 6. The average Bonchev–Trinajstić information content (AvgIpc) is 2.53. The molecular weight excluding hydrogens is 335 g/mol. The standard InChI is InChI=1S/C16H15FN4O2.ClH/c1-22-13-7-11-12(8-14(13)23-2)20-16(21-15(11)18)19-10-5-3-4-9(17)6-10;/h3-8H,1-2H3,(H3,18,19,20,21);1H. The SMILES string of the molecule is COc1cc2nc(Nc3cccc(F)c3)nc(N)c2cc1OC.Cl. The minimum absolute atomic E-state index is 0. The summed E-state index contributed by atoms with van der Waals surface area (Å²) < 4.78 is 23.8. The lowest BCUT2D eigenvalue weighted by molar-refractivity contribution is 0.356. The van der Waals surface area contributed by atoms with Gasteiger partial charge in [0, 0.05) is 17.1 Å². The number of nitrogen functional groups attached to an aromatic ring is 1. The van der Waals surface area contributed by atoms with E-state index in [-0.39, 0.29) is 30.0 Å². The molecule has 0 amide bonds. The number of hydrogen-bond donors (Lipinski definition) is 2. The van der Waals surface area contributed by atoms with Crippen molar-refractivity contribution in [2.24, 2.45) is 0 Å². The van der Waals surface area contributed by atoms with Gasteiger partial charge in [0.05, 0.1) is 19.7 Å². The molecule has 1 aromatic heterocycles. The summed E-state index contributed by atoms with van der Waals surface area (Å²) in [5, 5.41) is 3.58. The molecular formula is C16H16ClFN4O2. The van der Waals surface area contributed by atoms with Crippen molar-refractivity contribution in [3.63, 3.8) is 0 Å². The zero-order valence-electron chi connectivity index (χ0n) is 13.0. The third-order valence-electron chi connectivity index (χ3n) is 3.31. The van der Waals surface area contributed by atoms with Crippen molar-refractivity contribution in [3.8, 4) is 11.5 Å². The number of aromatic nitrogens is 2. The molecule has 3 N–H and O–H groups in total. The van der Waals surface area contributed by atoms with E-state index in [1.165, 1.54) is 12.1 Å². The van der Waals surface area contributed by atoms with Crippen LogP contribution in [0.5, 0.6) is 11.5 Å². The van der Waals surface area contributed by atoms with Gasteiger partial charge in [0.2, 0.25) is 5.95 Å². The van der Waals surface area contributed by atoms with Gasteiger partial charge in [-0.05, 0) is 24.3 Å². The predicted octanol–water partition coefficient (Wildman–Crippen LogP) is 3.53. The summed E-state index contributed by atoms with van der Waals surface area (Å²) in [5.41, 5.74) is 7.12.